The van der Waals surface area contributed by atoms with E-state index >= 15 is 0 Å². The smallest absolute Gasteiger partial charge is 0.375 e. The highest BCUT2D eigenvalue weighted by molar-refractivity contribution is 6.35. The van der Waals surface area contributed by atoms with Gasteiger partial charge in [0.15, 0.2) is 0 Å². The van der Waals surface area contributed by atoms with E-state index in [2.05, 4.69) is 0 Å². The molecule has 1 fully saturated rings. The van der Waals surface area contributed by atoms with Crippen LogP contribution in [0.5, 0.6) is 0 Å². The average Bonchev–Trinajstić information content (AvgIpc) is 2.10. The SMILES string of the molecule is CC(C)C[C@@H]1CC(=O)C(=O)O1. The maximum atomic E-state index is 10.7. The van der Waals surface area contributed by atoms with E-state index in [0.717, 1.165) is 6.42 Å². The summed E-state index contributed by atoms with van der Waals surface area (Å²) in [5.74, 6) is -0.565. The third-order valence-corrected chi connectivity index (χ3v) is 1.65. The van der Waals surface area contributed by atoms with Crippen molar-refractivity contribution in [3.05, 3.63) is 0 Å². The molecule has 11 heavy (non-hydrogen) atoms. The highest BCUT2D eigenvalue weighted by atomic mass is 16.6. The van der Waals surface area contributed by atoms with Gasteiger partial charge in [-0.2, -0.15) is 0 Å². The predicted octanol–water partition coefficient (Wildman–Crippen LogP) is 0.917. The van der Waals surface area contributed by atoms with Crippen LogP contribution in [-0.4, -0.2) is 17.9 Å². The summed E-state index contributed by atoms with van der Waals surface area (Å²) in [5, 5.41) is 0. The van der Waals surface area contributed by atoms with Crippen LogP contribution in [-0.2, 0) is 14.3 Å². The Balaban J connectivity index is 2.41. The first-order valence-electron chi connectivity index (χ1n) is 3.83. The number of Topliss-reactive ketones (excluding diaryl/α,β-unsaturated/α-hetero) is 1. The van der Waals surface area contributed by atoms with Gasteiger partial charge < -0.3 is 4.74 Å². The van der Waals surface area contributed by atoms with Gasteiger partial charge in [-0.25, -0.2) is 4.79 Å². The van der Waals surface area contributed by atoms with Crippen LogP contribution in [0.15, 0.2) is 0 Å². The lowest BCUT2D eigenvalue weighted by Crippen LogP contribution is -2.09. The van der Waals surface area contributed by atoms with Crippen molar-refractivity contribution < 1.29 is 14.3 Å². The zero-order chi connectivity index (χ0) is 8.43. The molecule has 3 nitrogen and oxygen atoms in total. The summed E-state index contributed by atoms with van der Waals surface area (Å²) >= 11 is 0. The van der Waals surface area contributed by atoms with Gasteiger partial charge in [0.1, 0.15) is 6.10 Å². The van der Waals surface area contributed by atoms with Gasteiger partial charge in [0, 0.05) is 0 Å². The van der Waals surface area contributed by atoms with E-state index in [1.54, 1.807) is 0 Å². The van der Waals surface area contributed by atoms with Gasteiger partial charge in [0.25, 0.3) is 0 Å². The van der Waals surface area contributed by atoms with Crippen molar-refractivity contribution >= 4 is 11.8 Å². The molecule has 0 amide bonds. The van der Waals surface area contributed by atoms with Gasteiger partial charge in [0.2, 0.25) is 5.78 Å². The number of ketones is 1. The van der Waals surface area contributed by atoms with Crippen LogP contribution in [0.25, 0.3) is 0 Å². The highest BCUT2D eigenvalue weighted by Gasteiger charge is 2.32. The van der Waals surface area contributed by atoms with Gasteiger partial charge in [0.05, 0.1) is 6.42 Å². The summed E-state index contributed by atoms with van der Waals surface area (Å²) in [6.07, 6.45) is 0.907. The maximum absolute atomic E-state index is 10.7. The summed E-state index contributed by atoms with van der Waals surface area (Å²) in [7, 11) is 0. The minimum absolute atomic E-state index is 0.157. The molecule has 0 aromatic carbocycles. The Morgan fingerprint density at radius 2 is 2.18 bits per heavy atom. The van der Waals surface area contributed by atoms with E-state index in [4.69, 9.17) is 4.74 Å². The first-order valence-corrected chi connectivity index (χ1v) is 3.83. The lowest BCUT2D eigenvalue weighted by Gasteiger charge is -2.09. The molecule has 1 aliphatic rings. The van der Waals surface area contributed by atoms with Crippen LogP contribution >= 0.6 is 0 Å². The maximum Gasteiger partial charge on any atom is 0.375 e. The number of ether oxygens (including phenoxy) is 1. The molecule has 0 bridgehead atoms. The first-order chi connectivity index (χ1) is 5.09. The highest BCUT2D eigenvalue weighted by Crippen LogP contribution is 2.17. The summed E-state index contributed by atoms with van der Waals surface area (Å²) in [4.78, 5) is 21.3. The molecule has 1 aliphatic heterocycles. The zero-order valence-electron chi connectivity index (χ0n) is 6.79. The molecular weight excluding hydrogens is 144 g/mol. The molecule has 0 radical (unpaired) electrons. The topological polar surface area (TPSA) is 43.4 Å². The van der Waals surface area contributed by atoms with E-state index in [0.29, 0.717) is 5.92 Å². The van der Waals surface area contributed by atoms with Gasteiger partial charge in [-0.1, -0.05) is 13.8 Å². The normalized spacial score (nSPS) is 24.5. The molecule has 62 valence electrons. The Kier molecular flexibility index (Phi) is 2.27. The number of rotatable bonds is 2. The second-order valence-electron chi connectivity index (χ2n) is 3.28. The van der Waals surface area contributed by atoms with Crippen LogP contribution in [0.2, 0.25) is 0 Å². The summed E-state index contributed by atoms with van der Waals surface area (Å²) in [6.45, 7) is 4.08. The van der Waals surface area contributed by atoms with E-state index in [9.17, 15) is 9.59 Å². The Labute approximate surface area is 65.7 Å². The third kappa shape index (κ3) is 2.03. The van der Waals surface area contributed by atoms with Gasteiger partial charge in [-0.15, -0.1) is 0 Å². The number of esters is 1. The summed E-state index contributed by atoms with van der Waals surface area (Å²) < 4.78 is 4.80. The molecule has 0 saturated carbocycles. The van der Waals surface area contributed by atoms with Crippen LogP contribution < -0.4 is 0 Å². The fraction of sp³-hybridized carbons (Fsp3) is 0.750. The molecule has 1 saturated heterocycles. The minimum Gasteiger partial charge on any atom is -0.456 e. The summed E-state index contributed by atoms with van der Waals surface area (Å²) in [6, 6.07) is 0. The standard InChI is InChI=1S/C8H12O3/c1-5(2)3-6-4-7(9)8(10)11-6/h5-6H,3-4H2,1-2H3/t6-/m1/s1. The van der Waals surface area contributed by atoms with Crippen molar-refractivity contribution in [2.75, 3.05) is 0 Å². The van der Waals surface area contributed by atoms with Crippen molar-refractivity contribution in [1.29, 1.82) is 0 Å². The third-order valence-electron chi connectivity index (χ3n) is 1.65. The number of carbonyl (C=O) groups excluding carboxylic acids is 2. The molecule has 0 spiro atoms. The minimum atomic E-state index is -0.657. The number of hydrogen-bond acceptors (Lipinski definition) is 3. The lowest BCUT2D eigenvalue weighted by atomic mass is 10.0. The van der Waals surface area contributed by atoms with Crippen molar-refractivity contribution in [2.45, 2.75) is 32.8 Å². The van der Waals surface area contributed by atoms with Crippen LogP contribution in [0.4, 0.5) is 0 Å². The molecule has 0 aliphatic carbocycles. The Bertz CT molecular complexity index is 168. The number of carbonyl (C=O) groups is 2. The quantitative estimate of drug-likeness (QED) is 0.441. The molecule has 0 unspecified atom stereocenters. The largest absolute Gasteiger partial charge is 0.456 e. The molecule has 0 aromatic rings. The number of cyclic esters (lactones) is 1. The molecule has 0 aromatic heterocycles. The predicted molar refractivity (Wildman–Crippen MR) is 39.0 cm³/mol. The average molecular weight is 156 g/mol. The second-order valence-corrected chi connectivity index (χ2v) is 3.28. The Morgan fingerprint density at radius 1 is 1.55 bits per heavy atom. The Hall–Kier alpha value is -0.860. The van der Waals surface area contributed by atoms with Crippen molar-refractivity contribution in [3.63, 3.8) is 0 Å². The molecule has 3 heteroatoms. The molecule has 0 N–H and O–H groups in total. The van der Waals surface area contributed by atoms with E-state index in [1.165, 1.54) is 0 Å². The molecule has 1 atom stereocenters. The van der Waals surface area contributed by atoms with Gasteiger partial charge in [-0.3, -0.25) is 4.79 Å². The lowest BCUT2D eigenvalue weighted by molar-refractivity contribution is -0.149. The Morgan fingerprint density at radius 3 is 2.55 bits per heavy atom. The van der Waals surface area contributed by atoms with Crippen LogP contribution in [0, 0.1) is 5.92 Å². The van der Waals surface area contributed by atoms with E-state index in [-0.39, 0.29) is 18.3 Å². The van der Waals surface area contributed by atoms with Crippen LogP contribution in [0.3, 0.4) is 0 Å². The van der Waals surface area contributed by atoms with Crippen molar-refractivity contribution in [2.24, 2.45) is 5.92 Å². The molecule has 1 heterocycles. The fourth-order valence-corrected chi connectivity index (χ4v) is 1.21. The van der Waals surface area contributed by atoms with Gasteiger partial charge in [-0.05, 0) is 12.3 Å². The fourth-order valence-electron chi connectivity index (χ4n) is 1.21. The first kappa shape index (κ1) is 8.24. The van der Waals surface area contributed by atoms with Crippen molar-refractivity contribution in [1.82, 2.24) is 0 Å². The van der Waals surface area contributed by atoms with E-state index in [1.807, 2.05) is 13.8 Å². The van der Waals surface area contributed by atoms with Crippen molar-refractivity contribution in [3.8, 4) is 0 Å². The van der Waals surface area contributed by atoms with E-state index < -0.39 is 5.97 Å². The summed E-state index contributed by atoms with van der Waals surface area (Å²) in [5.41, 5.74) is 0. The zero-order valence-corrected chi connectivity index (χ0v) is 6.79. The number of hydrogen-bond donors (Lipinski definition) is 0. The van der Waals surface area contributed by atoms with Crippen LogP contribution in [0.1, 0.15) is 26.7 Å². The second kappa shape index (κ2) is 3.03. The monoisotopic (exact) mass is 156 g/mol. The molecular formula is C8H12O3. The molecule has 1 rings (SSSR count). The van der Waals surface area contributed by atoms with Gasteiger partial charge >= 0.3 is 5.97 Å².